The van der Waals surface area contributed by atoms with Gasteiger partial charge in [-0.05, 0) is 73.8 Å². The lowest BCUT2D eigenvalue weighted by molar-refractivity contribution is 0.782. The second-order valence-electron chi connectivity index (χ2n) is 7.04. The Bertz CT molecular complexity index is 581. The quantitative estimate of drug-likeness (QED) is 0.854. The number of nitrogens with one attached hydrogen (secondary N) is 1. The molecule has 2 aliphatic carbocycles. The maximum absolute atomic E-state index is 6.37. The van der Waals surface area contributed by atoms with E-state index in [1.54, 1.807) is 0 Å². The van der Waals surface area contributed by atoms with Gasteiger partial charge in [0.1, 0.15) is 0 Å². The summed E-state index contributed by atoms with van der Waals surface area (Å²) in [6, 6.07) is 7.08. The van der Waals surface area contributed by atoms with Gasteiger partial charge in [-0.25, -0.2) is 0 Å². The van der Waals surface area contributed by atoms with Crippen molar-refractivity contribution in [1.29, 1.82) is 0 Å². The number of rotatable bonds is 5. The van der Waals surface area contributed by atoms with Crippen LogP contribution in [0.4, 0.5) is 0 Å². The fraction of sp³-hybridized carbons (Fsp3) is 0.556. The first-order valence-corrected chi connectivity index (χ1v) is 8.31. The van der Waals surface area contributed by atoms with Gasteiger partial charge >= 0.3 is 0 Å². The predicted octanol–water partition coefficient (Wildman–Crippen LogP) is 4.22. The van der Waals surface area contributed by atoms with Crippen molar-refractivity contribution in [1.82, 2.24) is 5.32 Å². The van der Waals surface area contributed by atoms with Crippen LogP contribution in [0.5, 0.6) is 0 Å². The van der Waals surface area contributed by atoms with Crippen LogP contribution in [0.2, 0.25) is 5.02 Å². The third-order valence-electron chi connectivity index (χ3n) is 4.76. The average molecular weight is 305 g/mol. The zero-order valence-electron chi connectivity index (χ0n) is 13.2. The topological polar surface area (TPSA) is 38.0 Å². The van der Waals surface area contributed by atoms with Crippen molar-refractivity contribution in [3.63, 3.8) is 0 Å². The third-order valence-corrected chi connectivity index (χ3v) is 4.98. The number of hydrogen-bond donors (Lipinski definition) is 2. The lowest BCUT2D eigenvalue weighted by Crippen LogP contribution is -2.24. The Kier molecular flexibility index (Phi) is 3.79. The summed E-state index contributed by atoms with van der Waals surface area (Å²) in [5.74, 6) is 0. The van der Waals surface area contributed by atoms with E-state index in [-0.39, 0.29) is 6.04 Å². The summed E-state index contributed by atoms with van der Waals surface area (Å²) >= 11 is 6.37. The molecule has 3 N–H and O–H groups in total. The summed E-state index contributed by atoms with van der Waals surface area (Å²) in [4.78, 5) is 0. The predicted molar refractivity (Wildman–Crippen MR) is 90.4 cm³/mol. The molecule has 2 saturated carbocycles. The van der Waals surface area contributed by atoms with Gasteiger partial charge in [0.15, 0.2) is 0 Å². The molecule has 21 heavy (non-hydrogen) atoms. The molecule has 2 aliphatic rings. The van der Waals surface area contributed by atoms with Crippen molar-refractivity contribution in [2.24, 2.45) is 5.73 Å². The smallest absolute Gasteiger partial charge is 0.0415 e. The molecule has 0 spiro atoms. The van der Waals surface area contributed by atoms with Gasteiger partial charge in [-0.3, -0.25) is 0 Å². The Morgan fingerprint density at radius 1 is 1.33 bits per heavy atom. The van der Waals surface area contributed by atoms with E-state index in [0.29, 0.717) is 11.5 Å². The second-order valence-corrected chi connectivity index (χ2v) is 7.47. The first-order valence-electron chi connectivity index (χ1n) is 7.93. The Morgan fingerprint density at radius 3 is 2.52 bits per heavy atom. The average Bonchev–Trinajstić information content (AvgIpc) is 3.27. The second kappa shape index (κ2) is 5.33. The lowest BCUT2D eigenvalue weighted by Gasteiger charge is -2.20. The number of benzene rings is 1. The van der Waals surface area contributed by atoms with Crippen LogP contribution in [0.25, 0.3) is 5.57 Å². The lowest BCUT2D eigenvalue weighted by atomic mass is 9.91. The molecular weight excluding hydrogens is 280 g/mol. The molecule has 0 saturated heterocycles. The van der Waals surface area contributed by atoms with Gasteiger partial charge in [0.25, 0.3) is 0 Å². The zero-order valence-corrected chi connectivity index (χ0v) is 13.9. The molecule has 1 aromatic rings. The first kappa shape index (κ1) is 14.9. The van der Waals surface area contributed by atoms with E-state index in [4.69, 9.17) is 17.3 Å². The zero-order chi connectivity index (χ0) is 15.2. The van der Waals surface area contributed by atoms with Gasteiger partial charge in [0.2, 0.25) is 0 Å². The number of allylic oxidation sites excluding steroid dienone is 1. The SMILES string of the molecule is C/C(NC1CC1)=C(\c1cc(Cl)cc(C2(C)CC2)c1)C(C)N. The summed E-state index contributed by atoms with van der Waals surface area (Å²) in [5, 5.41) is 4.40. The van der Waals surface area contributed by atoms with E-state index in [1.807, 2.05) is 13.0 Å². The van der Waals surface area contributed by atoms with Crippen molar-refractivity contribution < 1.29 is 0 Å². The molecule has 1 atom stereocenters. The fourth-order valence-electron chi connectivity index (χ4n) is 3.00. The molecule has 0 bridgehead atoms. The van der Waals surface area contributed by atoms with Crippen LogP contribution < -0.4 is 11.1 Å². The van der Waals surface area contributed by atoms with Crippen molar-refractivity contribution >= 4 is 17.2 Å². The summed E-state index contributed by atoms with van der Waals surface area (Å²) < 4.78 is 0. The van der Waals surface area contributed by atoms with Crippen molar-refractivity contribution in [2.75, 3.05) is 0 Å². The highest BCUT2D eigenvalue weighted by atomic mass is 35.5. The number of hydrogen-bond acceptors (Lipinski definition) is 2. The maximum Gasteiger partial charge on any atom is 0.0415 e. The Hall–Kier alpha value is -0.990. The molecule has 0 aliphatic heterocycles. The molecule has 2 nitrogen and oxygen atoms in total. The van der Waals surface area contributed by atoms with E-state index in [9.17, 15) is 0 Å². The van der Waals surface area contributed by atoms with Gasteiger partial charge in [-0.2, -0.15) is 0 Å². The Labute approximate surface area is 132 Å². The van der Waals surface area contributed by atoms with Crippen LogP contribution >= 0.6 is 11.6 Å². The van der Waals surface area contributed by atoms with Crippen LogP contribution in [0.1, 0.15) is 57.6 Å². The monoisotopic (exact) mass is 304 g/mol. The van der Waals surface area contributed by atoms with Crippen LogP contribution in [-0.4, -0.2) is 12.1 Å². The highest BCUT2D eigenvalue weighted by Crippen LogP contribution is 2.48. The molecule has 0 aromatic heterocycles. The molecule has 1 aromatic carbocycles. The van der Waals surface area contributed by atoms with E-state index in [2.05, 4.69) is 31.3 Å². The molecule has 0 heterocycles. The van der Waals surface area contributed by atoms with Gasteiger partial charge in [-0.15, -0.1) is 0 Å². The van der Waals surface area contributed by atoms with Crippen LogP contribution in [0, 0.1) is 0 Å². The van der Waals surface area contributed by atoms with E-state index >= 15 is 0 Å². The largest absolute Gasteiger partial charge is 0.386 e. The first-order chi connectivity index (χ1) is 9.89. The Morgan fingerprint density at radius 2 is 2.00 bits per heavy atom. The van der Waals surface area contributed by atoms with Crippen molar-refractivity contribution in [2.45, 2.75) is 64.0 Å². The number of nitrogens with two attached hydrogens (primary N) is 1. The van der Waals surface area contributed by atoms with E-state index < -0.39 is 0 Å². The summed E-state index contributed by atoms with van der Waals surface area (Å²) in [7, 11) is 0. The van der Waals surface area contributed by atoms with E-state index in [0.717, 1.165) is 5.02 Å². The van der Waals surface area contributed by atoms with Crippen molar-refractivity contribution in [3.05, 3.63) is 40.0 Å². The summed E-state index contributed by atoms with van der Waals surface area (Å²) in [5.41, 5.74) is 11.5. The molecule has 0 radical (unpaired) electrons. The van der Waals surface area contributed by atoms with Crippen molar-refractivity contribution in [3.8, 4) is 0 Å². The Balaban J connectivity index is 2.00. The third kappa shape index (κ3) is 3.27. The molecule has 2 fully saturated rings. The standard InChI is InChI=1S/C18H25ClN2/c1-11(20)17(12(2)21-16-4-5-16)13-8-14(10-15(19)9-13)18(3)6-7-18/h8-11,16,21H,4-7,20H2,1-3H3/b17-12+. The van der Waals surface area contributed by atoms with Gasteiger partial charge < -0.3 is 11.1 Å². The molecule has 0 amide bonds. The molecule has 1 unspecified atom stereocenters. The van der Waals surface area contributed by atoms with Gasteiger partial charge in [-0.1, -0.05) is 24.6 Å². The van der Waals surface area contributed by atoms with Crippen LogP contribution in [0.3, 0.4) is 0 Å². The van der Waals surface area contributed by atoms with Crippen LogP contribution in [0.15, 0.2) is 23.9 Å². The molecule has 3 heteroatoms. The molecule has 3 rings (SSSR count). The van der Waals surface area contributed by atoms with Crippen LogP contribution in [-0.2, 0) is 5.41 Å². The van der Waals surface area contributed by atoms with Gasteiger partial charge in [0, 0.05) is 22.8 Å². The molecular formula is C18H25ClN2. The fourth-order valence-corrected chi connectivity index (χ4v) is 3.24. The van der Waals surface area contributed by atoms with E-state index in [1.165, 1.54) is 48.1 Å². The molecule has 114 valence electrons. The normalized spacial score (nSPS) is 22.5. The minimum absolute atomic E-state index is 0.00502. The maximum atomic E-state index is 6.37. The van der Waals surface area contributed by atoms with Gasteiger partial charge in [0.05, 0.1) is 0 Å². The summed E-state index contributed by atoms with van der Waals surface area (Å²) in [6.07, 6.45) is 5.04. The highest BCUT2D eigenvalue weighted by molar-refractivity contribution is 6.30. The summed E-state index contributed by atoms with van der Waals surface area (Å²) in [6.45, 7) is 6.50. The minimum Gasteiger partial charge on any atom is -0.386 e. The minimum atomic E-state index is -0.00502. The number of halogens is 1. The highest BCUT2D eigenvalue weighted by Gasteiger charge is 2.39.